The molecule has 2 amide bonds. The Kier molecular flexibility index (Phi) is 4.77. The molecule has 7 heteroatoms. The summed E-state index contributed by atoms with van der Waals surface area (Å²) in [5, 5.41) is 11.9. The van der Waals surface area contributed by atoms with Gasteiger partial charge in [0.15, 0.2) is 0 Å². The van der Waals surface area contributed by atoms with Crippen molar-refractivity contribution in [3.05, 3.63) is 28.2 Å². The molecule has 4 N–H and O–H groups in total. The molecule has 0 aliphatic rings. The third-order valence-corrected chi connectivity index (χ3v) is 2.33. The van der Waals surface area contributed by atoms with Crippen LogP contribution in [0.2, 0.25) is 0 Å². The predicted molar refractivity (Wildman–Crippen MR) is 63.7 cm³/mol. The SMILES string of the molecule is NC(=O)OCCNC(=O)c1cc(Br)ccc1O. The average molecular weight is 303 g/mol. The smallest absolute Gasteiger partial charge is 0.404 e. The highest BCUT2D eigenvalue weighted by atomic mass is 79.9. The van der Waals surface area contributed by atoms with Crippen molar-refractivity contribution in [3.63, 3.8) is 0 Å². The summed E-state index contributed by atoms with van der Waals surface area (Å²) < 4.78 is 5.11. The summed E-state index contributed by atoms with van der Waals surface area (Å²) in [5.74, 6) is -0.585. The molecule has 1 aromatic carbocycles. The van der Waals surface area contributed by atoms with Crippen LogP contribution in [0.3, 0.4) is 0 Å². The minimum atomic E-state index is -0.899. The Morgan fingerprint density at radius 3 is 2.82 bits per heavy atom. The van der Waals surface area contributed by atoms with Gasteiger partial charge in [0.1, 0.15) is 12.4 Å². The number of carbonyl (C=O) groups excluding carboxylic acids is 2. The maximum absolute atomic E-state index is 11.6. The molecule has 0 saturated carbocycles. The predicted octanol–water partition coefficient (Wildman–Crippen LogP) is 0.980. The number of ether oxygens (including phenoxy) is 1. The maximum Gasteiger partial charge on any atom is 0.404 e. The van der Waals surface area contributed by atoms with Gasteiger partial charge in [-0.1, -0.05) is 15.9 Å². The van der Waals surface area contributed by atoms with Crippen LogP contribution < -0.4 is 11.1 Å². The molecular weight excluding hydrogens is 292 g/mol. The summed E-state index contributed by atoms with van der Waals surface area (Å²) >= 11 is 3.19. The number of hydrogen-bond donors (Lipinski definition) is 3. The van der Waals surface area contributed by atoms with Crippen LogP contribution in [0, 0.1) is 0 Å². The van der Waals surface area contributed by atoms with E-state index in [0.29, 0.717) is 4.47 Å². The first kappa shape index (κ1) is 13.3. The van der Waals surface area contributed by atoms with Crippen LogP contribution in [-0.2, 0) is 4.74 Å². The number of phenolic OH excluding ortho intramolecular Hbond substituents is 1. The van der Waals surface area contributed by atoms with Crippen molar-refractivity contribution in [1.29, 1.82) is 0 Å². The molecule has 0 bridgehead atoms. The third kappa shape index (κ3) is 4.31. The molecule has 92 valence electrons. The molecule has 0 unspecified atom stereocenters. The number of amides is 2. The molecule has 1 aromatic rings. The normalized spacial score (nSPS) is 9.71. The molecule has 0 fully saturated rings. The monoisotopic (exact) mass is 302 g/mol. The second-order valence-corrected chi connectivity index (χ2v) is 4.00. The van der Waals surface area contributed by atoms with Gasteiger partial charge in [0.05, 0.1) is 12.1 Å². The molecule has 0 radical (unpaired) electrons. The molecule has 0 atom stereocenters. The maximum atomic E-state index is 11.6. The van der Waals surface area contributed by atoms with Crippen molar-refractivity contribution in [3.8, 4) is 5.75 Å². The van der Waals surface area contributed by atoms with Gasteiger partial charge in [-0.2, -0.15) is 0 Å². The van der Waals surface area contributed by atoms with E-state index in [1.807, 2.05) is 0 Å². The van der Waals surface area contributed by atoms with E-state index < -0.39 is 12.0 Å². The number of nitrogens with one attached hydrogen (secondary N) is 1. The van der Waals surface area contributed by atoms with E-state index in [4.69, 9.17) is 5.73 Å². The molecular formula is C10H11BrN2O4. The number of phenols is 1. The minimum absolute atomic E-state index is 0.0180. The zero-order chi connectivity index (χ0) is 12.8. The zero-order valence-electron chi connectivity index (χ0n) is 8.77. The van der Waals surface area contributed by atoms with E-state index in [0.717, 1.165) is 0 Å². The largest absolute Gasteiger partial charge is 0.507 e. The minimum Gasteiger partial charge on any atom is -0.507 e. The fraction of sp³-hybridized carbons (Fsp3) is 0.200. The molecule has 0 aromatic heterocycles. The Morgan fingerprint density at radius 2 is 2.18 bits per heavy atom. The lowest BCUT2D eigenvalue weighted by atomic mass is 10.2. The fourth-order valence-corrected chi connectivity index (χ4v) is 1.46. The summed E-state index contributed by atoms with van der Waals surface area (Å²) in [4.78, 5) is 21.9. The van der Waals surface area contributed by atoms with E-state index >= 15 is 0 Å². The van der Waals surface area contributed by atoms with Crippen molar-refractivity contribution in [1.82, 2.24) is 5.32 Å². The van der Waals surface area contributed by atoms with Crippen LogP contribution >= 0.6 is 15.9 Å². The highest BCUT2D eigenvalue weighted by Gasteiger charge is 2.10. The molecule has 0 aliphatic heterocycles. The van der Waals surface area contributed by atoms with Crippen molar-refractivity contribution in [2.24, 2.45) is 5.73 Å². The van der Waals surface area contributed by atoms with Gasteiger partial charge in [-0.25, -0.2) is 4.79 Å². The number of primary amides is 1. The van der Waals surface area contributed by atoms with Crippen LogP contribution in [-0.4, -0.2) is 30.3 Å². The molecule has 0 heterocycles. The van der Waals surface area contributed by atoms with Crippen LogP contribution in [0.1, 0.15) is 10.4 Å². The summed E-state index contributed by atoms with van der Waals surface area (Å²) in [6.07, 6.45) is -0.899. The van der Waals surface area contributed by atoms with Crippen molar-refractivity contribution >= 4 is 27.9 Å². The number of carbonyl (C=O) groups is 2. The Bertz CT molecular complexity index is 436. The number of halogens is 1. The number of hydrogen-bond acceptors (Lipinski definition) is 4. The average Bonchev–Trinajstić information content (AvgIpc) is 2.27. The van der Waals surface area contributed by atoms with Gasteiger partial charge in [-0.05, 0) is 18.2 Å². The van der Waals surface area contributed by atoms with Gasteiger partial charge in [-0.15, -0.1) is 0 Å². The van der Waals surface area contributed by atoms with Gasteiger partial charge in [-0.3, -0.25) is 4.79 Å². The lowest BCUT2D eigenvalue weighted by Gasteiger charge is -2.07. The summed E-state index contributed by atoms with van der Waals surface area (Å²) in [5.41, 5.74) is 4.88. The van der Waals surface area contributed by atoms with Crippen LogP contribution in [0.4, 0.5) is 4.79 Å². The summed E-state index contributed by atoms with van der Waals surface area (Å²) in [7, 11) is 0. The first-order valence-corrected chi connectivity index (χ1v) is 5.49. The Balaban J connectivity index is 2.52. The van der Waals surface area contributed by atoms with E-state index in [1.165, 1.54) is 12.1 Å². The highest BCUT2D eigenvalue weighted by molar-refractivity contribution is 9.10. The first-order chi connectivity index (χ1) is 8.00. The highest BCUT2D eigenvalue weighted by Crippen LogP contribution is 2.21. The van der Waals surface area contributed by atoms with Crippen LogP contribution in [0.5, 0.6) is 5.75 Å². The Morgan fingerprint density at radius 1 is 1.47 bits per heavy atom. The molecule has 0 aliphatic carbocycles. The second-order valence-electron chi connectivity index (χ2n) is 3.08. The number of benzene rings is 1. The van der Waals surface area contributed by atoms with E-state index in [9.17, 15) is 14.7 Å². The van der Waals surface area contributed by atoms with Gasteiger partial charge in [0.2, 0.25) is 0 Å². The van der Waals surface area contributed by atoms with E-state index in [2.05, 4.69) is 26.0 Å². The van der Waals surface area contributed by atoms with Crippen molar-refractivity contribution in [2.75, 3.05) is 13.2 Å². The number of rotatable bonds is 4. The third-order valence-electron chi connectivity index (χ3n) is 1.84. The van der Waals surface area contributed by atoms with Crippen LogP contribution in [0.15, 0.2) is 22.7 Å². The Labute approximate surface area is 106 Å². The molecule has 1 rings (SSSR count). The van der Waals surface area contributed by atoms with Gasteiger partial charge >= 0.3 is 6.09 Å². The molecule has 17 heavy (non-hydrogen) atoms. The lowest BCUT2D eigenvalue weighted by molar-refractivity contribution is 0.0934. The topological polar surface area (TPSA) is 102 Å². The Hall–Kier alpha value is -1.76. The van der Waals surface area contributed by atoms with Gasteiger partial charge in [0.25, 0.3) is 5.91 Å². The molecule has 0 saturated heterocycles. The van der Waals surface area contributed by atoms with Gasteiger partial charge in [0, 0.05) is 4.47 Å². The van der Waals surface area contributed by atoms with E-state index in [1.54, 1.807) is 6.07 Å². The summed E-state index contributed by atoms with van der Waals surface area (Å²) in [6, 6.07) is 4.50. The lowest BCUT2D eigenvalue weighted by Crippen LogP contribution is -2.29. The number of nitrogens with two attached hydrogens (primary N) is 1. The molecule has 0 spiro atoms. The standard InChI is InChI=1S/C10H11BrN2O4/c11-6-1-2-8(14)7(5-6)9(15)13-3-4-17-10(12)16/h1-2,5,14H,3-4H2,(H2,12,16)(H,13,15). The zero-order valence-corrected chi connectivity index (χ0v) is 10.4. The fourth-order valence-electron chi connectivity index (χ4n) is 1.10. The van der Waals surface area contributed by atoms with Crippen molar-refractivity contribution in [2.45, 2.75) is 0 Å². The quantitative estimate of drug-likeness (QED) is 0.722. The molecule has 6 nitrogen and oxygen atoms in total. The van der Waals surface area contributed by atoms with Gasteiger partial charge < -0.3 is 20.9 Å². The first-order valence-electron chi connectivity index (χ1n) is 4.69. The summed E-state index contributed by atoms with van der Waals surface area (Å²) in [6.45, 7) is 0.101. The van der Waals surface area contributed by atoms with Crippen LogP contribution in [0.25, 0.3) is 0 Å². The number of aromatic hydroxyl groups is 1. The van der Waals surface area contributed by atoms with Crippen molar-refractivity contribution < 1.29 is 19.4 Å². The second kappa shape index (κ2) is 6.09. The van der Waals surface area contributed by atoms with E-state index in [-0.39, 0.29) is 24.5 Å².